The van der Waals surface area contributed by atoms with Crippen LogP contribution in [0.4, 0.5) is 0 Å². The SMILES string of the molecule is CC1CCC(CC2COCCC2=O)O1. The Bertz CT molecular complexity index is 215. The molecule has 3 unspecified atom stereocenters. The molecule has 0 N–H and O–H groups in total. The zero-order valence-corrected chi connectivity index (χ0v) is 8.70. The average Bonchev–Trinajstić information content (AvgIpc) is 2.56. The van der Waals surface area contributed by atoms with Crippen molar-refractivity contribution in [2.24, 2.45) is 5.92 Å². The largest absolute Gasteiger partial charge is 0.380 e. The van der Waals surface area contributed by atoms with Crippen molar-refractivity contribution in [1.29, 1.82) is 0 Å². The topological polar surface area (TPSA) is 35.5 Å². The fraction of sp³-hybridized carbons (Fsp3) is 0.909. The van der Waals surface area contributed by atoms with Gasteiger partial charge in [0.05, 0.1) is 25.4 Å². The molecule has 2 fully saturated rings. The van der Waals surface area contributed by atoms with Crippen LogP contribution in [0.15, 0.2) is 0 Å². The maximum Gasteiger partial charge on any atom is 0.140 e. The minimum Gasteiger partial charge on any atom is -0.380 e. The Morgan fingerprint density at radius 1 is 1.43 bits per heavy atom. The van der Waals surface area contributed by atoms with Crippen molar-refractivity contribution in [1.82, 2.24) is 0 Å². The van der Waals surface area contributed by atoms with Crippen LogP contribution in [-0.2, 0) is 14.3 Å². The summed E-state index contributed by atoms with van der Waals surface area (Å²) in [4.78, 5) is 11.5. The Labute approximate surface area is 84.8 Å². The Kier molecular flexibility index (Phi) is 3.19. The zero-order valence-electron chi connectivity index (χ0n) is 8.70. The highest BCUT2D eigenvalue weighted by atomic mass is 16.5. The number of carbonyl (C=O) groups excluding carboxylic acids is 1. The van der Waals surface area contributed by atoms with Crippen LogP contribution in [0, 0.1) is 5.92 Å². The fourth-order valence-electron chi connectivity index (χ4n) is 2.27. The normalized spacial score (nSPS) is 38.9. The Hall–Kier alpha value is -0.410. The first-order valence-corrected chi connectivity index (χ1v) is 5.51. The van der Waals surface area contributed by atoms with Crippen molar-refractivity contribution in [3.63, 3.8) is 0 Å². The van der Waals surface area contributed by atoms with Crippen LogP contribution in [0.25, 0.3) is 0 Å². The van der Waals surface area contributed by atoms with E-state index in [1.165, 1.54) is 0 Å². The van der Waals surface area contributed by atoms with Gasteiger partial charge in [0.1, 0.15) is 5.78 Å². The van der Waals surface area contributed by atoms with Gasteiger partial charge in [0.15, 0.2) is 0 Å². The summed E-state index contributed by atoms with van der Waals surface area (Å²) in [7, 11) is 0. The van der Waals surface area contributed by atoms with E-state index in [4.69, 9.17) is 9.47 Å². The molecule has 0 bridgehead atoms. The molecule has 0 aromatic heterocycles. The minimum atomic E-state index is 0.0963. The molecule has 0 saturated carbocycles. The molecule has 0 amide bonds. The molecule has 3 atom stereocenters. The predicted molar refractivity (Wildman–Crippen MR) is 52.1 cm³/mol. The second kappa shape index (κ2) is 4.41. The molecule has 2 rings (SSSR count). The molecule has 0 aliphatic carbocycles. The van der Waals surface area contributed by atoms with E-state index in [0.29, 0.717) is 37.6 Å². The summed E-state index contributed by atoms with van der Waals surface area (Å²) in [6.07, 6.45) is 4.35. The van der Waals surface area contributed by atoms with E-state index in [9.17, 15) is 4.79 Å². The van der Waals surface area contributed by atoms with Crippen molar-refractivity contribution in [3.05, 3.63) is 0 Å². The number of ketones is 1. The smallest absolute Gasteiger partial charge is 0.140 e. The number of rotatable bonds is 2. The highest BCUT2D eigenvalue weighted by molar-refractivity contribution is 5.81. The van der Waals surface area contributed by atoms with Crippen LogP contribution in [-0.4, -0.2) is 31.2 Å². The van der Waals surface area contributed by atoms with Gasteiger partial charge in [-0.3, -0.25) is 4.79 Å². The molecule has 80 valence electrons. The summed E-state index contributed by atoms with van der Waals surface area (Å²) in [5.74, 6) is 0.457. The lowest BCUT2D eigenvalue weighted by Crippen LogP contribution is -2.30. The van der Waals surface area contributed by atoms with E-state index in [-0.39, 0.29) is 5.92 Å². The van der Waals surface area contributed by atoms with Crippen molar-refractivity contribution < 1.29 is 14.3 Å². The van der Waals surface area contributed by atoms with E-state index in [2.05, 4.69) is 6.92 Å². The number of ether oxygens (including phenoxy) is 2. The molecule has 0 spiro atoms. The second-order valence-corrected chi connectivity index (χ2v) is 4.37. The minimum absolute atomic E-state index is 0.0963. The van der Waals surface area contributed by atoms with Gasteiger partial charge in [-0.15, -0.1) is 0 Å². The maximum absolute atomic E-state index is 11.5. The summed E-state index contributed by atoms with van der Waals surface area (Å²) >= 11 is 0. The quantitative estimate of drug-likeness (QED) is 0.675. The van der Waals surface area contributed by atoms with E-state index in [1.54, 1.807) is 0 Å². The van der Waals surface area contributed by atoms with Crippen LogP contribution in [0.3, 0.4) is 0 Å². The van der Waals surface area contributed by atoms with Gasteiger partial charge >= 0.3 is 0 Å². The lowest BCUT2D eigenvalue weighted by molar-refractivity contribution is -0.132. The van der Waals surface area contributed by atoms with E-state index in [1.807, 2.05) is 0 Å². The first-order chi connectivity index (χ1) is 6.75. The predicted octanol–water partition coefficient (Wildman–Crippen LogP) is 1.55. The van der Waals surface area contributed by atoms with E-state index in [0.717, 1.165) is 19.3 Å². The van der Waals surface area contributed by atoms with E-state index < -0.39 is 0 Å². The van der Waals surface area contributed by atoms with Crippen molar-refractivity contribution in [2.75, 3.05) is 13.2 Å². The lowest BCUT2D eigenvalue weighted by atomic mass is 9.93. The van der Waals surface area contributed by atoms with Crippen LogP contribution < -0.4 is 0 Å². The molecular formula is C11H18O3. The molecule has 0 radical (unpaired) electrons. The number of hydrogen-bond acceptors (Lipinski definition) is 3. The molecule has 0 aromatic carbocycles. The van der Waals surface area contributed by atoms with Gasteiger partial charge in [-0.05, 0) is 26.2 Å². The summed E-state index contributed by atoms with van der Waals surface area (Å²) in [6.45, 7) is 3.31. The number of Topliss-reactive ketones (excluding diaryl/α,β-unsaturated/α-hetero) is 1. The number of carbonyl (C=O) groups is 1. The highest BCUT2D eigenvalue weighted by Crippen LogP contribution is 2.26. The third-order valence-electron chi connectivity index (χ3n) is 3.13. The summed E-state index contributed by atoms with van der Waals surface area (Å²) in [5, 5.41) is 0. The monoisotopic (exact) mass is 198 g/mol. The Morgan fingerprint density at radius 2 is 2.29 bits per heavy atom. The molecule has 2 heterocycles. The highest BCUT2D eigenvalue weighted by Gasteiger charge is 2.29. The maximum atomic E-state index is 11.5. The van der Waals surface area contributed by atoms with Gasteiger partial charge in [0.2, 0.25) is 0 Å². The van der Waals surface area contributed by atoms with Crippen LogP contribution >= 0.6 is 0 Å². The van der Waals surface area contributed by atoms with Gasteiger partial charge in [-0.2, -0.15) is 0 Å². The third-order valence-corrected chi connectivity index (χ3v) is 3.13. The average molecular weight is 198 g/mol. The van der Waals surface area contributed by atoms with Crippen LogP contribution in [0.5, 0.6) is 0 Å². The summed E-state index contributed by atoms with van der Waals surface area (Å²) in [6, 6.07) is 0. The number of hydrogen-bond donors (Lipinski definition) is 0. The molecule has 2 aliphatic heterocycles. The van der Waals surface area contributed by atoms with Crippen molar-refractivity contribution in [3.8, 4) is 0 Å². The van der Waals surface area contributed by atoms with Gasteiger partial charge in [0.25, 0.3) is 0 Å². The van der Waals surface area contributed by atoms with Gasteiger partial charge in [-0.25, -0.2) is 0 Å². The van der Waals surface area contributed by atoms with Crippen molar-refractivity contribution >= 4 is 5.78 Å². The van der Waals surface area contributed by atoms with Crippen LogP contribution in [0.1, 0.15) is 32.6 Å². The molecule has 2 aliphatic rings. The molecule has 3 heteroatoms. The fourth-order valence-corrected chi connectivity index (χ4v) is 2.27. The van der Waals surface area contributed by atoms with Gasteiger partial charge < -0.3 is 9.47 Å². The summed E-state index contributed by atoms with van der Waals surface area (Å²) in [5.41, 5.74) is 0. The first kappa shape index (κ1) is 10.1. The molecule has 3 nitrogen and oxygen atoms in total. The van der Waals surface area contributed by atoms with Gasteiger partial charge in [0, 0.05) is 12.3 Å². The van der Waals surface area contributed by atoms with Gasteiger partial charge in [-0.1, -0.05) is 0 Å². The Morgan fingerprint density at radius 3 is 2.93 bits per heavy atom. The van der Waals surface area contributed by atoms with Crippen molar-refractivity contribution in [2.45, 2.75) is 44.8 Å². The first-order valence-electron chi connectivity index (χ1n) is 5.51. The summed E-state index contributed by atoms with van der Waals surface area (Å²) < 4.78 is 11.0. The van der Waals surface area contributed by atoms with Crippen LogP contribution in [0.2, 0.25) is 0 Å². The third kappa shape index (κ3) is 2.34. The molecule has 2 saturated heterocycles. The molecular weight excluding hydrogens is 180 g/mol. The Balaban J connectivity index is 1.81. The zero-order chi connectivity index (χ0) is 9.97. The molecule has 14 heavy (non-hydrogen) atoms. The second-order valence-electron chi connectivity index (χ2n) is 4.37. The van der Waals surface area contributed by atoms with E-state index >= 15 is 0 Å². The molecule has 0 aromatic rings. The lowest BCUT2D eigenvalue weighted by Gasteiger charge is -2.23. The standard InChI is InChI=1S/C11H18O3/c1-8-2-3-10(14-8)6-9-7-13-5-4-11(9)12/h8-10H,2-7H2,1H3.